The van der Waals surface area contributed by atoms with Crippen LogP contribution in [0.5, 0.6) is 0 Å². The van der Waals surface area contributed by atoms with E-state index in [0.717, 1.165) is 0 Å². The highest BCUT2D eigenvalue weighted by Crippen LogP contribution is 2.64. The van der Waals surface area contributed by atoms with Crippen LogP contribution in [-0.4, -0.2) is 23.1 Å². The Morgan fingerprint density at radius 1 is 1.00 bits per heavy atom. The van der Waals surface area contributed by atoms with E-state index in [2.05, 4.69) is 0 Å². The third-order valence-corrected chi connectivity index (χ3v) is 7.44. The Bertz CT molecular complexity index is 666. The number of hydrogen-bond donors (Lipinski definition) is 0. The molecule has 130 valence electrons. The van der Waals surface area contributed by atoms with Crippen LogP contribution in [0.25, 0.3) is 0 Å². The summed E-state index contributed by atoms with van der Waals surface area (Å²) in [5.74, 6) is -0.653. The maximum Gasteiger partial charge on any atom is 0.310 e. The van der Waals surface area contributed by atoms with Gasteiger partial charge in [0.25, 0.3) is 0 Å². The third-order valence-electron chi connectivity index (χ3n) is 7.44. The van der Waals surface area contributed by atoms with Gasteiger partial charge in [-0.25, -0.2) is 0 Å². The molecule has 0 radical (unpaired) electrons. The molecule has 0 aromatic rings. The molecule has 4 aliphatic carbocycles. The second kappa shape index (κ2) is 4.59. The summed E-state index contributed by atoms with van der Waals surface area (Å²) in [4.78, 5) is 37.9. The Morgan fingerprint density at radius 3 is 2.17 bits per heavy atom. The fourth-order valence-corrected chi connectivity index (χ4v) is 5.26. The summed E-state index contributed by atoms with van der Waals surface area (Å²) >= 11 is 0. The number of rotatable bonds is 2. The van der Waals surface area contributed by atoms with E-state index in [0.29, 0.717) is 6.42 Å². The molecule has 0 N–H and O–H groups in total. The minimum atomic E-state index is -0.598. The number of hydrogen-bond acceptors (Lipinski definition) is 4. The fourth-order valence-electron chi connectivity index (χ4n) is 5.26. The highest BCUT2D eigenvalue weighted by molar-refractivity contribution is 6.01. The quantitative estimate of drug-likeness (QED) is 0.444. The van der Waals surface area contributed by atoms with Crippen molar-refractivity contribution in [2.75, 3.05) is 0 Å². The lowest BCUT2D eigenvalue weighted by atomic mass is 9.69. The molecule has 4 bridgehead atoms. The Balaban J connectivity index is 1.58. The summed E-state index contributed by atoms with van der Waals surface area (Å²) in [5, 5.41) is 0. The minimum absolute atomic E-state index is 0.0362. The molecule has 7 unspecified atom stereocenters. The minimum Gasteiger partial charge on any atom is -0.459 e. The summed E-state index contributed by atoms with van der Waals surface area (Å²) in [6.07, 6.45) is 4.51. The highest BCUT2D eigenvalue weighted by atomic mass is 16.6. The Kier molecular flexibility index (Phi) is 3.06. The van der Waals surface area contributed by atoms with Crippen molar-refractivity contribution < 1.29 is 19.1 Å². The number of esters is 1. The number of ketones is 2. The third kappa shape index (κ3) is 1.83. The molecule has 3 fully saturated rings. The number of allylic oxidation sites excluding steroid dienone is 2. The maximum absolute atomic E-state index is 12.8. The first-order chi connectivity index (χ1) is 11.0. The highest BCUT2D eigenvalue weighted by Gasteiger charge is 2.69. The van der Waals surface area contributed by atoms with Crippen molar-refractivity contribution in [1.82, 2.24) is 0 Å². The lowest BCUT2D eigenvalue weighted by Gasteiger charge is -2.40. The van der Waals surface area contributed by atoms with Crippen LogP contribution in [0.3, 0.4) is 0 Å². The first-order valence-electron chi connectivity index (χ1n) is 9.03. The molecule has 7 atom stereocenters. The molecule has 4 aliphatic rings. The first-order valence-corrected chi connectivity index (χ1v) is 9.03. The summed E-state index contributed by atoms with van der Waals surface area (Å²) in [6, 6.07) is 0. The predicted molar refractivity (Wildman–Crippen MR) is 87.8 cm³/mol. The monoisotopic (exact) mass is 330 g/mol. The topological polar surface area (TPSA) is 60.4 Å². The van der Waals surface area contributed by atoms with E-state index in [-0.39, 0.29) is 64.4 Å². The average Bonchev–Trinajstić information content (AvgIpc) is 3.15. The van der Waals surface area contributed by atoms with Gasteiger partial charge in [-0.15, -0.1) is 0 Å². The Hall–Kier alpha value is -1.45. The Labute approximate surface area is 143 Å². The number of carbonyl (C=O) groups is 3. The van der Waals surface area contributed by atoms with E-state index in [4.69, 9.17) is 4.74 Å². The van der Waals surface area contributed by atoms with Gasteiger partial charge in [-0.3, -0.25) is 14.4 Å². The van der Waals surface area contributed by atoms with E-state index in [1.165, 1.54) is 0 Å². The molecule has 0 aromatic heterocycles. The van der Waals surface area contributed by atoms with Gasteiger partial charge in [-0.05, 0) is 32.1 Å². The second-order valence-corrected chi connectivity index (χ2v) is 9.55. The molecular formula is C20H26O4. The largest absolute Gasteiger partial charge is 0.459 e. The fraction of sp³-hybridized carbons (Fsp3) is 0.750. The van der Waals surface area contributed by atoms with Crippen molar-refractivity contribution in [3.8, 4) is 0 Å². The van der Waals surface area contributed by atoms with E-state index < -0.39 is 5.60 Å². The molecule has 4 heteroatoms. The first kappa shape index (κ1) is 16.0. The maximum atomic E-state index is 12.8. The van der Waals surface area contributed by atoms with Gasteiger partial charge < -0.3 is 4.74 Å². The molecule has 0 heterocycles. The number of fused-ring (bicyclic) bond motifs is 9. The second-order valence-electron chi connectivity index (χ2n) is 9.55. The summed E-state index contributed by atoms with van der Waals surface area (Å²) in [7, 11) is 0. The zero-order chi connectivity index (χ0) is 17.6. The van der Waals surface area contributed by atoms with Gasteiger partial charge in [0.2, 0.25) is 0 Å². The normalized spacial score (nSPS) is 42.8. The van der Waals surface area contributed by atoms with Crippen molar-refractivity contribution >= 4 is 17.5 Å². The van der Waals surface area contributed by atoms with Gasteiger partial charge in [0, 0.05) is 29.1 Å². The van der Waals surface area contributed by atoms with E-state index >= 15 is 0 Å². The van der Waals surface area contributed by atoms with Crippen molar-refractivity contribution in [2.45, 2.75) is 46.6 Å². The molecule has 24 heavy (non-hydrogen) atoms. The van der Waals surface area contributed by atoms with Gasteiger partial charge in [0.15, 0.2) is 0 Å². The van der Waals surface area contributed by atoms with E-state index in [1.54, 1.807) is 0 Å². The summed E-state index contributed by atoms with van der Waals surface area (Å²) in [6.45, 7) is 9.98. The van der Waals surface area contributed by atoms with Crippen LogP contribution in [0.15, 0.2) is 12.2 Å². The molecular weight excluding hydrogens is 304 g/mol. The number of ether oxygens (including phenoxy) is 1. The average molecular weight is 330 g/mol. The van der Waals surface area contributed by atoms with E-state index in [1.807, 2.05) is 46.8 Å². The van der Waals surface area contributed by atoms with Crippen molar-refractivity contribution in [3.63, 3.8) is 0 Å². The molecule has 0 aliphatic heterocycles. The molecule has 0 spiro atoms. The molecule has 4 rings (SSSR count). The predicted octanol–water partition coefficient (Wildman–Crippen LogP) is 2.81. The van der Waals surface area contributed by atoms with E-state index in [9.17, 15) is 14.4 Å². The van der Waals surface area contributed by atoms with Crippen LogP contribution >= 0.6 is 0 Å². The summed E-state index contributed by atoms with van der Waals surface area (Å²) in [5.41, 5.74) is -0.781. The van der Waals surface area contributed by atoms with Crippen LogP contribution in [0, 0.1) is 46.8 Å². The van der Waals surface area contributed by atoms with Gasteiger partial charge in [0.1, 0.15) is 17.2 Å². The smallest absolute Gasteiger partial charge is 0.310 e. The zero-order valence-corrected chi connectivity index (χ0v) is 15.0. The molecule has 0 aromatic carbocycles. The molecule has 4 nitrogen and oxygen atoms in total. The van der Waals surface area contributed by atoms with Crippen LogP contribution in [0.4, 0.5) is 0 Å². The SMILES string of the molecule is CC(C)(C)C(C)(C)OC(=O)C1CC2C(=O)C1C1C3C=CC(C3=O)C21. The van der Waals surface area contributed by atoms with Crippen molar-refractivity contribution in [2.24, 2.45) is 46.8 Å². The van der Waals surface area contributed by atoms with Crippen LogP contribution in [0.1, 0.15) is 41.0 Å². The number of carbonyl (C=O) groups excluding carboxylic acids is 3. The van der Waals surface area contributed by atoms with Crippen LogP contribution in [0.2, 0.25) is 0 Å². The molecule has 0 saturated heterocycles. The lowest BCUT2D eigenvalue weighted by Crippen LogP contribution is -2.44. The number of Topliss-reactive ketones (excluding diaryl/α,β-unsaturated/α-hetero) is 2. The van der Waals surface area contributed by atoms with Crippen molar-refractivity contribution in [3.05, 3.63) is 12.2 Å². The molecule has 3 saturated carbocycles. The molecule has 0 amide bonds. The van der Waals surface area contributed by atoms with Crippen molar-refractivity contribution in [1.29, 1.82) is 0 Å². The standard InChI is InChI=1S/C20H26O4/c1-19(2,3)20(4,5)24-18(23)12-8-11-13-9-6-7-10(16(9)21)14(13)15(12)17(11)22/h6-7,9-15H,8H2,1-5H3. The van der Waals surface area contributed by atoms with Gasteiger partial charge in [0.05, 0.1) is 5.92 Å². The zero-order valence-electron chi connectivity index (χ0n) is 15.0. The van der Waals surface area contributed by atoms with Crippen LogP contribution in [-0.2, 0) is 19.1 Å². The van der Waals surface area contributed by atoms with Gasteiger partial charge in [-0.2, -0.15) is 0 Å². The summed E-state index contributed by atoms with van der Waals surface area (Å²) < 4.78 is 5.85. The van der Waals surface area contributed by atoms with Gasteiger partial charge >= 0.3 is 5.97 Å². The van der Waals surface area contributed by atoms with Gasteiger partial charge in [-0.1, -0.05) is 32.9 Å². The lowest BCUT2D eigenvalue weighted by molar-refractivity contribution is -0.175. The van der Waals surface area contributed by atoms with Crippen LogP contribution < -0.4 is 0 Å². The Morgan fingerprint density at radius 2 is 1.58 bits per heavy atom.